The molecule has 0 saturated carbocycles. The van der Waals surface area contributed by atoms with Crippen LogP contribution in [0.4, 0.5) is 5.82 Å². The molecule has 2 heterocycles. The molecule has 1 aromatic carbocycles. The Balaban J connectivity index is 1.83. The molecule has 0 fully saturated rings. The minimum absolute atomic E-state index is 0.221. The van der Waals surface area contributed by atoms with E-state index in [-0.39, 0.29) is 5.60 Å². The van der Waals surface area contributed by atoms with E-state index < -0.39 is 0 Å². The topological polar surface area (TPSA) is 45.6 Å². The van der Waals surface area contributed by atoms with Crippen molar-refractivity contribution in [2.45, 2.75) is 80.3 Å². The fourth-order valence-electron chi connectivity index (χ4n) is 4.56. The van der Waals surface area contributed by atoms with Gasteiger partial charge in [-0.2, -0.15) is 0 Å². The number of phenolic OH excluding ortho intramolecular Hbond substituents is 1. The first-order valence-corrected chi connectivity index (χ1v) is 11.2. The van der Waals surface area contributed by atoms with Gasteiger partial charge in [0.25, 0.3) is 0 Å². The SMILES string of the molecule is Cc1cc(C)nc(N(CCC2(C)CCc3c(C)c(O)c(C)c(C)c3O2)CC(C)C)c1. The van der Waals surface area contributed by atoms with Crippen LogP contribution in [-0.2, 0) is 6.42 Å². The summed E-state index contributed by atoms with van der Waals surface area (Å²) in [6.07, 6.45) is 2.84. The summed E-state index contributed by atoms with van der Waals surface area (Å²) in [4.78, 5) is 7.23. The molecule has 0 amide bonds. The van der Waals surface area contributed by atoms with Gasteiger partial charge in [-0.25, -0.2) is 4.98 Å². The molecule has 30 heavy (non-hydrogen) atoms. The number of ether oxygens (including phenoxy) is 1. The Bertz CT molecular complexity index is 915. The summed E-state index contributed by atoms with van der Waals surface area (Å²) in [5, 5.41) is 10.4. The summed E-state index contributed by atoms with van der Waals surface area (Å²) in [6, 6.07) is 4.32. The minimum Gasteiger partial charge on any atom is -0.507 e. The van der Waals surface area contributed by atoms with Gasteiger partial charge in [0.05, 0.1) is 0 Å². The van der Waals surface area contributed by atoms with E-state index in [1.54, 1.807) is 0 Å². The molecular formula is C26H38N2O2. The summed E-state index contributed by atoms with van der Waals surface area (Å²) in [5.41, 5.74) is 6.22. The van der Waals surface area contributed by atoms with Crippen molar-refractivity contribution in [2.24, 2.45) is 5.92 Å². The summed E-state index contributed by atoms with van der Waals surface area (Å²) in [6.45, 7) is 18.9. The molecule has 0 aliphatic carbocycles. The van der Waals surface area contributed by atoms with E-state index in [4.69, 9.17) is 9.72 Å². The van der Waals surface area contributed by atoms with Crippen molar-refractivity contribution >= 4 is 5.82 Å². The van der Waals surface area contributed by atoms with Gasteiger partial charge in [0.15, 0.2) is 0 Å². The van der Waals surface area contributed by atoms with Gasteiger partial charge in [-0.05, 0) is 94.7 Å². The third kappa shape index (κ3) is 4.58. The number of hydrogen-bond donors (Lipinski definition) is 1. The standard InChI is InChI=1S/C26H38N2O2/c1-16(2)15-28(23-14-17(3)13-18(4)27-23)12-11-26(8)10-9-22-21(7)24(29)19(5)20(6)25(22)30-26/h13-14,16,29H,9-12,15H2,1-8H3. The predicted octanol–water partition coefficient (Wildman–Crippen LogP) is 5.97. The van der Waals surface area contributed by atoms with Crippen LogP contribution in [0.5, 0.6) is 11.5 Å². The number of pyridine rings is 1. The molecule has 0 radical (unpaired) electrons. The molecular weight excluding hydrogens is 372 g/mol. The van der Waals surface area contributed by atoms with Gasteiger partial charge in [0, 0.05) is 30.8 Å². The highest BCUT2D eigenvalue weighted by atomic mass is 16.5. The maximum Gasteiger partial charge on any atom is 0.129 e. The van der Waals surface area contributed by atoms with Crippen molar-refractivity contribution in [3.05, 3.63) is 45.6 Å². The zero-order valence-corrected chi connectivity index (χ0v) is 20.0. The largest absolute Gasteiger partial charge is 0.507 e. The third-order valence-electron chi connectivity index (χ3n) is 6.50. The van der Waals surface area contributed by atoms with Gasteiger partial charge in [0.1, 0.15) is 22.9 Å². The van der Waals surface area contributed by atoms with E-state index in [0.717, 1.165) is 66.3 Å². The van der Waals surface area contributed by atoms with Crippen LogP contribution >= 0.6 is 0 Å². The number of nitrogens with zero attached hydrogens (tertiary/aromatic N) is 2. The average molecular weight is 411 g/mol. The van der Waals surface area contributed by atoms with Crippen molar-refractivity contribution in [2.75, 3.05) is 18.0 Å². The first-order valence-electron chi connectivity index (χ1n) is 11.2. The smallest absolute Gasteiger partial charge is 0.129 e. The van der Waals surface area contributed by atoms with Gasteiger partial charge in [-0.3, -0.25) is 0 Å². The van der Waals surface area contributed by atoms with Crippen LogP contribution in [-0.4, -0.2) is 28.8 Å². The Kier molecular flexibility index (Phi) is 6.35. The summed E-state index contributed by atoms with van der Waals surface area (Å²) >= 11 is 0. The Morgan fingerprint density at radius 1 is 1.10 bits per heavy atom. The molecule has 1 aliphatic rings. The number of phenols is 1. The second-order valence-electron chi connectivity index (χ2n) is 9.82. The number of fused-ring (bicyclic) bond motifs is 1. The number of anilines is 1. The summed E-state index contributed by atoms with van der Waals surface area (Å²) in [7, 11) is 0. The zero-order valence-electron chi connectivity index (χ0n) is 20.0. The van der Waals surface area contributed by atoms with Gasteiger partial charge < -0.3 is 14.7 Å². The van der Waals surface area contributed by atoms with Crippen LogP contribution in [0.25, 0.3) is 0 Å². The number of aromatic hydroxyl groups is 1. The molecule has 0 bridgehead atoms. The second kappa shape index (κ2) is 8.49. The number of aromatic nitrogens is 1. The maximum absolute atomic E-state index is 10.4. The average Bonchev–Trinajstić information content (AvgIpc) is 2.67. The second-order valence-corrected chi connectivity index (χ2v) is 9.82. The first-order chi connectivity index (χ1) is 14.0. The highest BCUT2D eigenvalue weighted by Crippen LogP contribution is 2.44. The van der Waals surface area contributed by atoms with Gasteiger partial charge in [0.2, 0.25) is 0 Å². The fourth-order valence-corrected chi connectivity index (χ4v) is 4.56. The molecule has 164 valence electrons. The first kappa shape index (κ1) is 22.5. The van der Waals surface area contributed by atoms with Crippen LogP contribution in [0.15, 0.2) is 12.1 Å². The van der Waals surface area contributed by atoms with Crippen molar-refractivity contribution in [1.82, 2.24) is 4.98 Å². The molecule has 1 aromatic heterocycles. The third-order valence-corrected chi connectivity index (χ3v) is 6.50. The fraction of sp³-hybridized carbons (Fsp3) is 0.577. The lowest BCUT2D eigenvalue weighted by atomic mass is 9.85. The normalized spacial score (nSPS) is 18.3. The Morgan fingerprint density at radius 2 is 1.80 bits per heavy atom. The highest BCUT2D eigenvalue weighted by Gasteiger charge is 2.35. The molecule has 4 nitrogen and oxygen atoms in total. The molecule has 0 saturated heterocycles. The van der Waals surface area contributed by atoms with Crippen molar-refractivity contribution in [1.29, 1.82) is 0 Å². The Hall–Kier alpha value is -2.23. The van der Waals surface area contributed by atoms with Crippen LogP contribution < -0.4 is 9.64 Å². The number of rotatable bonds is 6. The molecule has 4 heteroatoms. The van der Waals surface area contributed by atoms with Gasteiger partial charge >= 0.3 is 0 Å². The van der Waals surface area contributed by atoms with E-state index in [2.05, 4.69) is 58.6 Å². The lowest BCUT2D eigenvalue weighted by molar-refractivity contribution is 0.0566. The van der Waals surface area contributed by atoms with Crippen LogP contribution in [0, 0.1) is 40.5 Å². The van der Waals surface area contributed by atoms with E-state index in [9.17, 15) is 5.11 Å². The maximum atomic E-state index is 10.4. The van der Waals surface area contributed by atoms with E-state index >= 15 is 0 Å². The van der Waals surface area contributed by atoms with Crippen LogP contribution in [0.1, 0.15) is 67.1 Å². The molecule has 1 unspecified atom stereocenters. The molecule has 1 atom stereocenters. The van der Waals surface area contributed by atoms with Crippen molar-refractivity contribution in [3.8, 4) is 11.5 Å². The lowest BCUT2D eigenvalue weighted by Gasteiger charge is -2.39. The molecule has 1 aliphatic heterocycles. The molecule has 3 rings (SSSR count). The van der Waals surface area contributed by atoms with E-state index in [0.29, 0.717) is 11.7 Å². The number of aryl methyl sites for hydroxylation is 2. The van der Waals surface area contributed by atoms with E-state index in [1.807, 2.05) is 13.8 Å². The predicted molar refractivity (Wildman–Crippen MR) is 125 cm³/mol. The Labute approximate surface area is 182 Å². The van der Waals surface area contributed by atoms with Gasteiger partial charge in [-0.15, -0.1) is 0 Å². The van der Waals surface area contributed by atoms with E-state index in [1.165, 1.54) is 11.1 Å². The zero-order chi connectivity index (χ0) is 22.2. The molecule has 2 aromatic rings. The van der Waals surface area contributed by atoms with Crippen molar-refractivity contribution < 1.29 is 9.84 Å². The van der Waals surface area contributed by atoms with Crippen LogP contribution in [0.3, 0.4) is 0 Å². The summed E-state index contributed by atoms with van der Waals surface area (Å²) in [5.74, 6) is 3.02. The Morgan fingerprint density at radius 3 is 2.43 bits per heavy atom. The summed E-state index contributed by atoms with van der Waals surface area (Å²) < 4.78 is 6.65. The minimum atomic E-state index is -0.221. The lowest BCUT2D eigenvalue weighted by Crippen LogP contribution is -2.41. The van der Waals surface area contributed by atoms with Gasteiger partial charge in [-0.1, -0.05) is 13.8 Å². The van der Waals surface area contributed by atoms with Crippen molar-refractivity contribution in [3.63, 3.8) is 0 Å². The quantitative estimate of drug-likeness (QED) is 0.638. The number of benzene rings is 1. The highest BCUT2D eigenvalue weighted by molar-refractivity contribution is 5.58. The van der Waals surface area contributed by atoms with Crippen LogP contribution in [0.2, 0.25) is 0 Å². The number of hydrogen-bond acceptors (Lipinski definition) is 4. The monoisotopic (exact) mass is 410 g/mol. The molecule has 1 N–H and O–H groups in total. The molecule has 0 spiro atoms.